The maximum Gasteiger partial charge on any atom is 0.225 e. The van der Waals surface area contributed by atoms with E-state index in [1.165, 1.54) is 0 Å². The predicted octanol–water partition coefficient (Wildman–Crippen LogP) is 2.94. The largest absolute Gasteiger partial charge is 0.342 e. The van der Waals surface area contributed by atoms with Crippen molar-refractivity contribution in [2.75, 3.05) is 13.1 Å². The van der Waals surface area contributed by atoms with Gasteiger partial charge in [-0.1, -0.05) is 0 Å². The van der Waals surface area contributed by atoms with Gasteiger partial charge in [-0.25, -0.2) is 13.2 Å². The van der Waals surface area contributed by atoms with Crippen molar-refractivity contribution in [3.05, 3.63) is 35.1 Å². The number of hydrogen-bond acceptors (Lipinski definition) is 2. The Bertz CT molecular complexity index is 597. The maximum atomic E-state index is 13.7. The summed E-state index contributed by atoms with van der Waals surface area (Å²) in [5, 5.41) is 0. The van der Waals surface area contributed by atoms with Crippen molar-refractivity contribution in [2.24, 2.45) is 11.8 Å². The highest BCUT2D eigenvalue weighted by molar-refractivity contribution is 5.98. The normalized spacial score (nSPS) is 19.3. The summed E-state index contributed by atoms with van der Waals surface area (Å²) in [4.78, 5) is 25.9. The molecule has 22 heavy (non-hydrogen) atoms. The highest BCUT2D eigenvalue weighted by Gasteiger charge is 2.36. The summed E-state index contributed by atoms with van der Waals surface area (Å²) in [6.07, 6.45) is 2.61. The summed E-state index contributed by atoms with van der Waals surface area (Å²) in [5.74, 6) is -4.31. The van der Waals surface area contributed by atoms with Gasteiger partial charge in [0.05, 0.1) is 5.56 Å². The minimum atomic E-state index is -1.17. The molecule has 1 saturated carbocycles. The van der Waals surface area contributed by atoms with Crippen LogP contribution in [0.4, 0.5) is 13.2 Å². The third kappa shape index (κ3) is 2.87. The summed E-state index contributed by atoms with van der Waals surface area (Å²) in [7, 11) is 0. The summed E-state index contributed by atoms with van der Waals surface area (Å²) < 4.78 is 40.2. The van der Waals surface area contributed by atoms with E-state index in [-0.39, 0.29) is 11.8 Å². The molecule has 118 valence electrons. The van der Waals surface area contributed by atoms with Crippen LogP contribution >= 0.6 is 0 Å². The first-order valence-corrected chi connectivity index (χ1v) is 7.45. The average molecular weight is 311 g/mol. The number of carbonyl (C=O) groups is 2. The summed E-state index contributed by atoms with van der Waals surface area (Å²) >= 11 is 0. The van der Waals surface area contributed by atoms with Crippen LogP contribution in [0.25, 0.3) is 0 Å². The molecule has 1 aromatic rings. The van der Waals surface area contributed by atoms with Gasteiger partial charge >= 0.3 is 0 Å². The fourth-order valence-electron chi connectivity index (χ4n) is 2.93. The first-order valence-electron chi connectivity index (χ1n) is 7.45. The molecule has 1 heterocycles. The fraction of sp³-hybridized carbons (Fsp3) is 0.500. The van der Waals surface area contributed by atoms with Crippen molar-refractivity contribution in [2.45, 2.75) is 25.7 Å². The van der Waals surface area contributed by atoms with Gasteiger partial charge in [0, 0.05) is 37.1 Å². The number of benzene rings is 1. The Balaban J connectivity index is 1.68. The lowest BCUT2D eigenvalue weighted by Crippen LogP contribution is -2.41. The fourth-order valence-corrected chi connectivity index (χ4v) is 2.93. The Morgan fingerprint density at radius 3 is 1.95 bits per heavy atom. The van der Waals surface area contributed by atoms with E-state index >= 15 is 0 Å². The lowest BCUT2D eigenvalue weighted by Gasteiger charge is -2.31. The molecule has 0 radical (unpaired) electrons. The molecule has 2 fully saturated rings. The van der Waals surface area contributed by atoms with E-state index in [4.69, 9.17) is 0 Å². The number of Topliss-reactive ketones (excluding diaryl/α,β-unsaturated/α-hetero) is 1. The van der Waals surface area contributed by atoms with Crippen LogP contribution in [0.2, 0.25) is 0 Å². The van der Waals surface area contributed by atoms with E-state index < -0.39 is 34.7 Å². The van der Waals surface area contributed by atoms with Gasteiger partial charge in [-0.05, 0) is 25.7 Å². The molecule has 1 aliphatic heterocycles. The quantitative estimate of drug-likeness (QED) is 0.805. The molecule has 1 aromatic carbocycles. The molecule has 3 rings (SSSR count). The number of piperidine rings is 1. The zero-order valence-electron chi connectivity index (χ0n) is 11.9. The molecular weight excluding hydrogens is 295 g/mol. The molecule has 1 amide bonds. The number of halogens is 3. The second kappa shape index (κ2) is 5.74. The van der Waals surface area contributed by atoms with Crippen molar-refractivity contribution >= 4 is 11.7 Å². The third-order valence-corrected chi connectivity index (χ3v) is 4.36. The first kappa shape index (κ1) is 15.1. The molecule has 0 bridgehead atoms. The van der Waals surface area contributed by atoms with Gasteiger partial charge < -0.3 is 4.90 Å². The summed E-state index contributed by atoms with van der Waals surface area (Å²) in [5.41, 5.74) is -0.673. The van der Waals surface area contributed by atoms with Gasteiger partial charge in [-0.15, -0.1) is 0 Å². The minimum absolute atomic E-state index is 0.116. The van der Waals surface area contributed by atoms with Crippen LogP contribution in [-0.4, -0.2) is 29.7 Å². The molecule has 1 saturated heterocycles. The molecule has 0 spiro atoms. The van der Waals surface area contributed by atoms with Gasteiger partial charge in [-0.2, -0.15) is 0 Å². The van der Waals surface area contributed by atoms with Crippen molar-refractivity contribution in [3.8, 4) is 0 Å². The molecule has 3 nitrogen and oxygen atoms in total. The highest BCUT2D eigenvalue weighted by Crippen LogP contribution is 2.33. The van der Waals surface area contributed by atoms with Crippen LogP contribution in [0, 0.1) is 29.3 Å². The number of ketones is 1. The Kier molecular flexibility index (Phi) is 3.93. The topological polar surface area (TPSA) is 37.4 Å². The van der Waals surface area contributed by atoms with Crippen LogP contribution in [0.3, 0.4) is 0 Å². The van der Waals surface area contributed by atoms with Gasteiger partial charge in [0.2, 0.25) is 5.91 Å². The van der Waals surface area contributed by atoms with Crippen LogP contribution in [0.15, 0.2) is 12.1 Å². The summed E-state index contributed by atoms with van der Waals surface area (Å²) in [6.45, 7) is 0.854. The number of carbonyl (C=O) groups excluding carboxylic acids is 2. The average Bonchev–Trinajstić information content (AvgIpc) is 3.30. The second-order valence-electron chi connectivity index (χ2n) is 5.98. The molecule has 6 heteroatoms. The Labute approximate surface area is 126 Å². The van der Waals surface area contributed by atoms with E-state index in [9.17, 15) is 22.8 Å². The number of likely N-dealkylation sites (tertiary alicyclic amines) is 1. The molecular formula is C16H16F3NO2. The van der Waals surface area contributed by atoms with Gasteiger partial charge in [-0.3, -0.25) is 9.59 Å². The number of rotatable bonds is 3. The van der Waals surface area contributed by atoms with Crippen molar-refractivity contribution in [1.82, 2.24) is 4.90 Å². The zero-order valence-corrected chi connectivity index (χ0v) is 11.9. The molecule has 0 N–H and O–H groups in total. The summed E-state index contributed by atoms with van der Waals surface area (Å²) in [6, 6.07) is 1.03. The van der Waals surface area contributed by atoms with Gasteiger partial charge in [0.25, 0.3) is 0 Å². The number of nitrogens with zero attached hydrogens (tertiary/aromatic N) is 1. The van der Waals surface area contributed by atoms with E-state index in [0.717, 1.165) is 12.8 Å². The van der Waals surface area contributed by atoms with Gasteiger partial charge in [0.15, 0.2) is 5.78 Å². The standard InChI is InChI=1S/C16H16F3NO2/c17-11-7-12(18)14(13(19)8-11)15(21)9-3-5-20(6-4-9)16(22)10-1-2-10/h7-10H,1-6H2. The Hall–Kier alpha value is -1.85. The van der Waals surface area contributed by atoms with Crippen molar-refractivity contribution in [3.63, 3.8) is 0 Å². The molecule has 2 aliphatic rings. The van der Waals surface area contributed by atoms with Crippen LogP contribution in [-0.2, 0) is 4.79 Å². The van der Waals surface area contributed by atoms with E-state index in [0.29, 0.717) is 38.1 Å². The maximum absolute atomic E-state index is 13.7. The predicted molar refractivity (Wildman–Crippen MR) is 72.7 cm³/mol. The Morgan fingerprint density at radius 2 is 1.45 bits per heavy atom. The number of amides is 1. The third-order valence-electron chi connectivity index (χ3n) is 4.36. The monoisotopic (exact) mass is 311 g/mol. The molecule has 0 aromatic heterocycles. The number of hydrogen-bond donors (Lipinski definition) is 0. The zero-order chi connectivity index (χ0) is 15.9. The second-order valence-corrected chi connectivity index (χ2v) is 5.98. The molecule has 0 atom stereocenters. The van der Waals surface area contributed by atoms with E-state index in [1.807, 2.05) is 0 Å². The van der Waals surface area contributed by atoms with Crippen molar-refractivity contribution in [1.29, 1.82) is 0 Å². The SMILES string of the molecule is O=C(c1c(F)cc(F)cc1F)C1CCN(C(=O)C2CC2)CC1. The smallest absolute Gasteiger partial charge is 0.225 e. The van der Waals surface area contributed by atoms with Crippen LogP contribution in [0.5, 0.6) is 0 Å². The Morgan fingerprint density at radius 1 is 0.909 bits per heavy atom. The van der Waals surface area contributed by atoms with Gasteiger partial charge in [0.1, 0.15) is 17.5 Å². The lowest BCUT2D eigenvalue weighted by molar-refractivity contribution is -0.133. The van der Waals surface area contributed by atoms with E-state index in [1.54, 1.807) is 4.90 Å². The van der Waals surface area contributed by atoms with Crippen LogP contribution in [0.1, 0.15) is 36.0 Å². The lowest BCUT2D eigenvalue weighted by atomic mass is 9.88. The van der Waals surface area contributed by atoms with Crippen molar-refractivity contribution < 1.29 is 22.8 Å². The highest BCUT2D eigenvalue weighted by atomic mass is 19.1. The van der Waals surface area contributed by atoms with E-state index in [2.05, 4.69) is 0 Å². The first-order chi connectivity index (χ1) is 10.5. The minimum Gasteiger partial charge on any atom is -0.342 e. The molecule has 1 aliphatic carbocycles. The molecule has 0 unspecified atom stereocenters. The van der Waals surface area contributed by atoms with Crippen LogP contribution < -0.4 is 0 Å².